The molecule has 0 bridgehead atoms. The van der Waals surface area contributed by atoms with Crippen molar-refractivity contribution in [2.24, 2.45) is 7.05 Å². The van der Waals surface area contributed by atoms with Crippen LogP contribution in [0.5, 0.6) is 0 Å². The molecule has 0 aliphatic carbocycles. The molecular formula is C12H17BN2. The molecule has 2 aromatic rings. The molecule has 1 aromatic heterocycles. The average Bonchev–Trinajstić information content (AvgIpc) is 2.52. The fourth-order valence-corrected chi connectivity index (χ4v) is 1.52. The van der Waals surface area contributed by atoms with Crippen LogP contribution < -0.4 is 10.3 Å². The summed E-state index contributed by atoms with van der Waals surface area (Å²) in [5, 5.41) is 0. The summed E-state index contributed by atoms with van der Waals surface area (Å²) in [6.45, 7) is 4.32. The Labute approximate surface area is 91.6 Å². The molecule has 0 saturated carbocycles. The van der Waals surface area contributed by atoms with E-state index in [-0.39, 0.29) is 7.85 Å². The van der Waals surface area contributed by atoms with Gasteiger partial charge in [0.15, 0.2) is 0 Å². The molecule has 0 saturated heterocycles. The van der Waals surface area contributed by atoms with Gasteiger partial charge >= 0.3 is 0 Å². The third-order valence-electron chi connectivity index (χ3n) is 2.33. The van der Waals surface area contributed by atoms with Crippen LogP contribution in [0.15, 0.2) is 30.6 Å². The van der Waals surface area contributed by atoms with Crippen LogP contribution in [0.4, 0.5) is 0 Å². The molecule has 15 heavy (non-hydrogen) atoms. The number of benzene rings is 1. The van der Waals surface area contributed by atoms with Gasteiger partial charge in [-0.25, -0.2) is 4.57 Å². The normalized spacial score (nSPS) is 10.7. The highest BCUT2D eigenvalue weighted by Crippen LogP contribution is 2.13. The Kier molecular flexibility index (Phi) is 2.39. The third kappa shape index (κ3) is 1.69. The van der Waals surface area contributed by atoms with E-state index in [1.54, 1.807) is 0 Å². The van der Waals surface area contributed by atoms with Gasteiger partial charge in [-0.3, -0.25) is 4.57 Å². The SMILES string of the molecule is [BH3-]c1n(-c2cc(C)ccc2C)cc[n+]1C. The predicted molar refractivity (Wildman–Crippen MR) is 66.0 cm³/mol. The standard InChI is InChI=1S/C12H17BN2/c1-9-4-5-10(2)11(8-9)15-7-6-14(3)12(15)13/h4-8H,1-3,13H3. The summed E-state index contributed by atoms with van der Waals surface area (Å²) >= 11 is 0. The smallest absolute Gasteiger partial charge is 0.131 e. The lowest BCUT2D eigenvalue weighted by Crippen LogP contribution is -2.46. The number of hydrogen-bond donors (Lipinski definition) is 0. The van der Waals surface area contributed by atoms with Gasteiger partial charge in [0.1, 0.15) is 18.1 Å². The molecule has 0 unspecified atom stereocenters. The number of nitrogens with zero attached hydrogens (tertiary/aromatic N) is 2. The molecule has 1 heterocycles. The summed E-state index contributed by atoms with van der Waals surface area (Å²) in [6.07, 6.45) is 4.31. The molecule has 2 nitrogen and oxygen atoms in total. The number of imidazole rings is 1. The molecule has 0 spiro atoms. The first-order chi connectivity index (χ1) is 7.09. The molecule has 2 rings (SSSR count). The molecule has 78 valence electrons. The minimum Gasteiger partial charge on any atom is -0.274 e. The molecule has 0 aliphatic heterocycles. The molecule has 3 heteroatoms. The van der Waals surface area contributed by atoms with Crippen molar-refractivity contribution >= 4 is 13.6 Å². The fourth-order valence-electron chi connectivity index (χ4n) is 1.52. The van der Waals surface area contributed by atoms with E-state index in [2.05, 4.69) is 60.6 Å². The summed E-state index contributed by atoms with van der Waals surface area (Å²) < 4.78 is 4.57. The molecule has 0 atom stereocenters. The van der Waals surface area contributed by atoms with Crippen molar-refractivity contribution in [3.8, 4) is 5.69 Å². The molecule has 0 radical (unpaired) electrons. The van der Waals surface area contributed by atoms with Gasteiger partial charge in [0.25, 0.3) is 0 Å². The van der Waals surface area contributed by atoms with Gasteiger partial charge in [-0.2, -0.15) is 0 Å². The van der Waals surface area contributed by atoms with E-state index in [4.69, 9.17) is 0 Å². The minimum absolute atomic E-state index is 0.200. The van der Waals surface area contributed by atoms with Crippen LogP contribution in [-0.4, -0.2) is 12.4 Å². The van der Waals surface area contributed by atoms with E-state index in [9.17, 15) is 0 Å². The van der Waals surface area contributed by atoms with Gasteiger partial charge in [0, 0.05) is 0 Å². The van der Waals surface area contributed by atoms with Crippen LogP contribution in [0.1, 0.15) is 11.1 Å². The molecule has 0 N–H and O–H groups in total. The summed E-state index contributed by atoms with van der Waals surface area (Å²) in [6, 6.07) is 6.63. The first kappa shape index (κ1) is 10.0. The first-order valence-corrected chi connectivity index (χ1v) is 4.71. The summed E-state index contributed by atoms with van der Waals surface area (Å²) in [5.41, 5.74) is 5.49. The zero-order valence-corrected chi connectivity index (χ0v) is 8.78. The Morgan fingerprint density at radius 3 is 2.60 bits per heavy atom. The van der Waals surface area contributed by atoms with Crippen molar-refractivity contribution < 1.29 is 4.57 Å². The van der Waals surface area contributed by atoms with Gasteiger partial charge < -0.3 is 0 Å². The highest BCUT2D eigenvalue weighted by molar-refractivity contribution is 6.28. The van der Waals surface area contributed by atoms with Crippen LogP contribution in [0, 0.1) is 13.8 Å². The third-order valence-corrected chi connectivity index (χ3v) is 2.33. The molecule has 0 fully saturated rings. The van der Waals surface area contributed by atoms with Gasteiger partial charge in [-0.05, 0) is 31.0 Å². The van der Waals surface area contributed by atoms with Crippen LogP contribution in [-0.2, 0) is 7.05 Å². The Morgan fingerprint density at radius 2 is 2.00 bits per heavy atom. The second-order valence-electron chi connectivity index (χ2n) is 3.67. The predicted octanol–water partition coefficient (Wildman–Crippen LogP) is -0.0907. The highest BCUT2D eigenvalue weighted by Gasteiger charge is 2.09. The van der Waals surface area contributed by atoms with Gasteiger partial charge in [-0.1, -0.05) is 12.1 Å². The van der Waals surface area contributed by atoms with Crippen LogP contribution in [0.3, 0.4) is 0 Å². The second-order valence-corrected chi connectivity index (χ2v) is 3.67. The number of hydrogen-bond acceptors (Lipinski definition) is 0. The van der Waals surface area contributed by atoms with Crippen molar-refractivity contribution in [3.05, 3.63) is 41.7 Å². The quantitative estimate of drug-likeness (QED) is 0.449. The van der Waals surface area contributed by atoms with E-state index >= 15 is 0 Å². The monoisotopic (exact) mass is 200 g/mol. The number of aryl methyl sites for hydroxylation is 3. The number of aromatic nitrogens is 2. The summed E-state index contributed by atoms with van der Waals surface area (Å²) in [7, 11) is 2.33. The largest absolute Gasteiger partial charge is 0.274 e. The highest BCUT2D eigenvalue weighted by atomic mass is 15.1. The maximum atomic E-state index is 2.34. The Morgan fingerprint density at radius 1 is 1.27 bits per heavy atom. The molecular weight excluding hydrogens is 183 g/mol. The Bertz CT molecular complexity index is 500. The molecule has 0 amide bonds. The van der Waals surface area contributed by atoms with E-state index in [1.807, 2.05) is 0 Å². The van der Waals surface area contributed by atoms with Crippen molar-refractivity contribution in [1.29, 1.82) is 0 Å². The fraction of sp³-hybridized carbons (Fsp3) is 0.250. The van der Waals surface area contributed by atoms with E-state index in [0.29, 0.717) is 0 Å². The second kappa shape index (κ2) is 3.57. The zero-order valence-electron chi connectivity index (χ0n) is 8.78. The first-order valence-electron chi connectivity index (χ1n) is 4.71. The minimum atomic E-state index is 0.200. The van der Waals surface area contributed by atoms with Crippen molar-refractivity contribution in [2.75, 3.05) is 0 Å². The Balaban J connectivity index is 2.63. The lowest BCUT2D eigenvalue weighted by molar-refractivity contribution is -0.652. The molecule has 1 aromatic carbocycles. The lowest BCUT2D eigenvalue weighted by Gasteiger charge is -2.06. The summed E-state index contributed by atoms with van der Waals surface area (Å²) in [5.74, 6) is 0. The number of rotatable bonds is 1. The van der Waals surface area contributed by atoms with E-state index in [0.717, 1.165) is 0 Å². The van der Waals surface area contributed by atoms with Crippen molar-refractivity contribution in [3.63, 3.8) is 0 Å². The lowest BCUT2D eigenvalue weighted by atomic mass is 10.1. The zero-order chi connectivity index (χ0) is 11.0. The van der Waals surface area contributed by atoms with Crippen LogP contribution in [0.2, 0.25) is 0 Å². The van der Waals surface area contributed by atoms with Crippen LogP contribution in [0.25, 0.3) is 5.69 Å². The average molecular weight is 200 g/mol. The molecule has 0 aliphatic rings. The van der Waals surface area contributed by atoms with Crippen molar-refractivity contribution in [1.82, 2.24) is 4.57 Å². The maximum absolute atomic E-state index is 2.34. The van der Waals surface area contributed by atoms with E-state index < -0.39 is 0 Å². The summed E-state index contributed by atoms with van der Waals surface area (Å²) in [4.78, 5) is 0. The van der Waals surface area contributed by atoms with Crippen LogP contribution >= 0.6 is 0 Å². The van der Waals surface area contributed by atoms with Gasteiger partial charge in [0.05, 0.1) is 20.6 Å². The van der Waals surface area contributed by atoms with Crippen molar-refractivity contribution in [2.45, 2.75) is 13.8 Å². The van der Waals surface area contributed by atoms with E-state index in [1.165, 1.54) is 22.5 Å². The Hall–Kier alpha value is -1.51. The maximum Gasteiger partial charge on any atom is 0.131 e. The topological polar surface area (TPSA) is 8.81 Å². The van der Waals surface area contributed by atoms with Gasteiger partial charge in [0.2, 0.25) is 0 Å². The van der Waals surface area contributed by atoms with Gasteiger partial charge in [-0.15, -0.1) is 0 Å².